The van der Waals surface area contributed by atoms with E-state index < -0.39 is 0 Å². The van der Waals surface area contributed by atoms with Crippen molar-refractivity contribution >= 4 is 45.0 Å². The summed E-state index contributed by atoms with van der Waals surface area (Å²) in [4.78, 5) is 11.8. The minimum Gasteiger partial charge on any atom is -0.375 e. The number of hydrogen-bond acceptors (Lipinski definition) is 2. The molecular formula is C16H16N4OS. The highest BCUT2D eigenvalue weighted by Gasteiger charge is 2.10. The van der Waals surface area contributed by atoms with Crippen molar-refractivity contribution in [3.05, 3.63) is 48.5 Å². The molecule has 0 aliphatic heterocycles. The van der Waals surface area contributed by atoms with Crippen LogP contribution in [0.15, 0.2) is 48.5 Å². The van der Waals surface area contributed by atoms with Crippen LogP contribution < -0.4 is 16.6 Å². The van der Waals surface area contributed by atoms with Gasteiger partial charge in [0, 0.05) is 34.8 Å². The molecule has 1 heterocycles. The van der Waals surface area contributed by atoms with Crippen LogP contribution in [0.5, 0.6) is 0 Å². The van der Waals surface area contributed by atoms with E-state index in [1.807, 2.05) is 24.3 Å². The Balaban J connectivity index is 1.89. The average Bonchev–Trinajstić information content (AvgIpc) is 2.85. The van der Waals surface area contributed by atoms with Gasteiger partial charge in [-0.25, -0.2) is 0 Å². The molecule has 1 amide bonds. The Morgan fingerprint density at radius 2 is 1.55 bits per heavy atom. The van der Waals surface area contributed by atoms with Gasteiger partial charge in [-0.2, -0.15) is 0 Å². The van der Waals surface area contributed by atoms with E-state index in [0.29, 0.717) is 13.0 Å². The fourth-order valence-electron chi connectivity index (χ4n) is 2.65. The summed E-state index contributed by atoms with van der Waals surface area (Å²) in [7, 11) is 0. The number of nitrogens with two attached hydrogens (primary N) is 1. The lowest BCUT2D eigenvalue weighted by Gasteiger charge is -2.09. The molecule has 0 saturated carbocycles. The molecule has 3 rings (SSSR count). The minimum atomic E-state index is -0.158. The summed E-state index contributed by atoms with van der Waals surface area (Å²) in [6.45, 7) is 0.582. The Kier molecular flexibility index (Phi) is 3.93. The van der Waals surface area contributed by atoms with Crippen LogP contribution in [0.4, 0.5) is 0 Å². The Labute approximate surface area is 133 Å². The van der Waals surface area contributed by atoms with E-state index in [4.69, 9.17) is 5.73 Å². The summed E-state index contributed by atoms with van der Waals surface area (Å²) in [5, 5.41) is 2.43. The van der Waals surface area contributed by atoms with Gasteiger partial charge in [0.05, 0.1) is 0 Å². The van der Waals surface area contributed by atoms with Crippen LogP contribution in [-0.2, 0) is 11.3 Å². The molecule has 0 bridgehead atoms. The van der Waals surface area contributed by atoms with Gasteiger partial charge in [0.1, 0.15) is 0 Å². The highest BCUT2D eigenvalue weighted by molar-refractivity contribution is 7.80. The standard InChI is InChI=1S/C16H16N4OS/c17-16(22)19-18-15(21)9-10-20-13-7-3-1-5-11(13)12-6-2-4-8-14(12)20/h1-8H,9-10H2,(H,18,21)(H3,17,19,22). The van der Waals surface area contributed by atoms with Crippen LogP contribution in [0.1, 0.15) is 6.42 Å². The maximum absolute atomic E-state index is 11.8. The molecule has 0 saturated heterocycles. The number of benzene rings is 2. The quantitative estimate of drug-likeness (QED) is 0.511. The zero-order chi connectivity index (χ0) is 15.5. The van der Waals surface area contributed by atoms with Crippen molar-refractivity contribution in [1.82, 2.24) is 15.4 Å². The third-order valence-electron chi connectivity index (χ3n) is 3.57. The number of hydrogen-bond donors (Lipinski definition) is 3. The molecule has 0 aliphatic carbocycles. The molecule has 0 spiro atoms. The van der Waals surface area contributed by atoms with Crippen molar-refractivity contribution in [3.63, 3.8) is 0 Å². The average molecular weight is 312 g/mol. The van der Waals surface area contributed by atoms with Crippen molar-refractivity contribution in [2.45, 2.75) is 13.0 Å². The molecule has 0 radical (unpaired) electrons. The summed E-state index contributed by atoms with van der Waals surface area (Å²) in [5.74, 6) is -0.158. The Bertz CT molecular complexity index is 802. The van der Waals surface area contributed by atoms with E-state index in [9.17, 15) is 4.79 Å². The van der Waals surface area contributed by atoms with E-state index in [-0.39, 0.29) is 11.0 Å². The first-order valence-electron chi connectivity index (χ1n) is 6.97. The predicted octanol–water partition coefficient (Wildman–Crippen LogP) is 2.05. The number of thiocarbonyl (C=S) groups is 1. The van der Waals surface area contributed by atoms with Crippen molar-refractivity contribution in [1.29, 1.82) is 0 Å². The normalized spacial score (nSPS) is 10.7. The fourth-order valence-corrected chi connectivity index (χ4v) is 2.70. The number of amides is 1. The number of nitrogens with one attached hydrogen (secondary N) is 2. The van der Waals surface area contributed by atoms with Crippen molar-refractivity contribution in [3.8, 4) is 0 Å². The van der Waals surface area contributed by atoms with E-state index >= 15 is 0 Å². The first-order chi connectivity index (χ1) is 10.7. The van der Waals surface area contributed by atoms with Gasteiger partial charge in [-0.15, -0.1) is 0 Å². The highest BCUT2D eigenvalue weighted by Crippen LogP contribution is 2.28. The van der Waals surface area contributed by atoms with Gasteiger partial charge in [0.2, 0.25) is 5.91 Å². The summed E-state index contributed by atoms with van der Waals surface area (Å²) < 4.78 is 2.16. The number of carbonyl (C=O) groups is 1. The lowest BCUT2D eigenvalue weighted by atomic mass is 10.2. The molecule has 1 aromatic heterocycles. The zero-order valence-corrected chi connectivity index (χ0v) is 12.7. The highest BCUT2D eigenvalue weighted by atomic mass is 32.1. The summed E-state index contributed by atoms with van der Waals surface area (Å²) in [5.41, 5.74) is 12.5. The number of nitrogens with zero attached hydrogens (tertiary/aromatic N) is 1. The molecule has 5 nitrogen and oxygen atoms in total. The van der Waals surface area contributed by atoms with E-state index in [2.05, 4.69) is 51.9 Å². The van der Waals surface area contributed by atoms with Crippen molar-refractivity contribution in [2.75, 3.05) is 0 Å². The molecule has 6 heteroatoms. The molecule has 3 aromatic rings. The van der Waals surface area contributed by atoms with E-state index in [1.165, 1.54) is 10.8 Å². The van der Waals surface area contributed by atoms with Crippen LogP contribution in [0.25, 0.3) is 21.8 Å². The largest absolute Gasteiger partial charge is 0.375 e. The van der Waals surface area contributed by atoms with Crippen LogP contribution in [0.2, 0.25) is 0 Å². The van der Waals surface area contributed by atoms with Crippen LogP contribution >= 0.6 is 12.2 Å². The number of rotatable bonds is 3. The molecule has 4 N–H and O–H groups in total. The molecule has 0 fully saturated rings. The molecule has 112 valence electrons. The topological polar surface area (TPSA) is 72.1 Å². The van der Waals surface area contributed by atoms with Crippen LogP contribution in [0, 0.1) is 0 Å². The van der Waals surface area contributed by atoms with Gasteiger partial charge in [0.15, 0.2) is 5.11 Å². The maximum Gasteiger partial charge on any atom is 0.240 e. The number of carbonyl (C=O) groups excluding carboxylic acids is 1. The molecule has 0 aliphatic rings. The first-order valence-corrected chi connectivity index (χ1v) is 7.38. The lowest BCUT2D eigenvalue weighted by molar-refractivity contribution is -0.121. The van der Waals surface area contributed by atoms with Gasteiger partial charge >= 0.3 is 0 Å². The number of fused-ring (bicyclic) bond motifs is 3. The second-order valence-corrected chi connectivity index (χ2v) is 5.41. The summed E-state index contributed by atoms with van der Waals surface area (Å²) in [6.07, 6.45) is 0.332. The number of aromatic nitrogens is 1. The van der Waals surface area contributed by atoms with Crippen molar-refractivity contribution < 1.29 is 4.79 Å². The monoisotopic (exact) mass is 312 g/mol. The van der Waals surface area contributed by atoms with E-state index in [1.54, 1.807) is 0 Å². The third-order valence-corrected chi connectivity index (χ3v) is 3.67. The molecule has 0 unspecified atom stereocenters. The lowest BCUT2D eigenvalue weighted by Crippen LogP contribution is -2.44. The van der Waals surface area contributed by atoms with Crippen molar-refractivity contribution in [2.24, 2.45) is 5.73 Å². The van der Waals surface area contributed by atoms with Gasteiger partial charge in [-0.05, 0) is 24.4 Å². The van der Waals surface area contributed by atoms with E-state index in [0.717, 1.165) is 11.0 Å². The summed E-state index contributed by atoms with van der Waals surface area (Å²) in [6, 6.07) is 16.4. The van der Waals surface area contributed by atoms with Gasteiger partial charge in [0.25, 0.3) is 0 Å². The van der Waals surface area contributed by atoms with Crippen LogP contribution in [-0.4, -0.2) is 15.6 Å². The van der Waals surface area contributed by atoms with Gasteiger partial charge < -0.3 is 10.3 Å². The fraction of sp³-hybridized carbons (Fsp3) is 0.125. The van der Waals surface area contributed by atoms with Crippen LogP contribution in [0.3, 0.4) is 0 Å². The number of hydrazine groups is 1. The number of aryl methyl sites for hydroxylation is 1. The molecule has 0 atom stereocenters. The Morgan fingerprint density at radius 1 is 1.00 bits per heavy atom. The second kappa shape index (κ2) is 6.03. The summed E-state index contributed by atoms with van der Waals surface area (Å²) >= 11 is 4.65. The third kappa shape index (κ3) is 2.73. The Morgan fingerprint density at radius 3 is 2.09 bits per heavy atom. The predicted molar refractivity (Wildman–Crippen MR) is 92.1 cm³/mol. The van der Waals surface area contributed by atoms with Gasteiger partial charge in [-0.3, -0.25) is 15.6 Å². The maximum atomic E-state index is 11.8. The van der Waals surface area contributed by atoms with Gasteiger partial charge in [-0.1, -0.05) is 36.4 Å². The molecule has 2 aromatic carbocycles. The Hall–Kier alpha value is -2.60. The SMILES string of the molecule is NC(=S)NNC(=O)CCn1c2ccccc2c2ccccc21. The minimum absolute atomic E-state index is 0.0465. The second-order valence-electron chi connectivity index (χ2n) is 4.97. The number of para-hydroxylation sites is 2. The molecule has 22 heavy (non-hydrogen) atoms. The smallest absolute Gasteiger partial charge is 0.240 e. The zero-order valence-electron chi connectivity index (χ0n) is 11.9. The molecular weight excluding hydrogens is 296 g/mol. The first kappa shape index (κ1) is 14.3.